The number of nitrogens with zero attached hydrogens (tertiary/aromatic N) is 3. The van der Waals surface area contributed by atoms with Crippen LogP contribution >= 0.6 is 11.3 Å². The summed E-state index contributed by atoms with van der Waals surface area (Å²) < 4.78 is 7.75. The first-order valence-electron chi connectivity index (χ1n) is 9.61. The maximum absolute atomic E-state index is 12.7. The molecule has 6 nitrogen and oxygen atoms in total. The molecule has 4 rings (SSSR count). The molecule has 4 aromatic rings. The van der Waals surface area contributed by atoms with E-state index < -0.39 is 0 Å². The molecule has 0 spiro atoms. The second kappa shape index (κ2) is 7.48. The Morgan fingerprint density at radius 2 is 2.00 bits per heavy atom. The largest absolute Gasteiger partial charge is 0.440 e. The molecule has 3 heterocycles. The molecule has 0 saturated heterocycles. The lowest BCUT2D eigenvalue weighted by molar-refractivity contribution is -0.116. The van der Waals surface area contributed by atoms with Crippen LogP contribution < -0.4 is 5.32 Å². The third-order valence-electron chi connectivity index (χ3n) is 4.95. The number of fused-ring (bicyclic) bond motifs is 1. The highest BCUT2D eigenvalue weighted by Crippen LogP contribution is 2.28. The Hall–Kier alpha value is -2.93. The molecule has 29 heavy (non-hydrogen) atoms. The number of carbonyl (C=O) groups excluding carboxylic acids is 1. The minimum atomic E-state index is -0.0836. The minimum absolute atomic E-state index is 0.0836. The van der Waals surface area contributed by atoms with Crippen LogP contribution in [0.15, 0.2) is 34.1 Å². The van der Waals surface area contributed by atoms with E-state index in [1.807, 2.05) is 57.4 Å². The Balaban J connectivity index is 1.53. The van der Waals surface area contributed by atoms with E-state index in [-0.39, 0.29) is 18.4 Å². The van der Waals surface area contributed by atoms with Gasteiger partial charge in [0, 0.05) is 33.9 Å². The summed E-state index contributed by atoms with van der Waals surface area (Å²) in [7, 11) is 0. The molecular formula is C22H24N4O2S. The predicted molar refractivity (Wildman–Crippen MR) is 116 cm³/mol. The van der Waals surface area contributed by atoms with Gasteiger partial charge in [-0.15, -0.1) is 11.3 Å². The topological polar surface area (TPSA) is 73.0 Å². The molecule has 0 aliphatic carbocycles. The SMILES string of the molecule is Cc1nc(-c2cc(C)n(CC(=O)Nc3ccc4oc(C(C)C)nc4c3)c2C)cs1. The highest BCUT2D eigenvalue weighted by molar-refractivity contribution is 7.09. The van der Waals surface area contributed by atoms with Crippen LogP contribution in [-0.4, -0.2) is 20.4 Å². The minimum Gasteiger partial charge on any atom is -0.440 e. The van der Waals surface area contributed by atoms with Crippen molar-refractivity contribution < 1.29 is 9.21 Å². The van der Waals surface area contributed by atoms with Crippen molar-refractivity contribution >= 4 is 34.0 Å². The van der Waals surface area contributed by atoms with Gasteiger partial charge in [-0.05, 0) is 45.0 Å². The van der Waals surface area contributed by atoms with Crippen molar-refractivity contribution in [2.45, 2.75) is 47.1 Å². The fourth-order valence-corrected chi connectivity index (χ4v) is 4.02. The Bertz CT molecular complexity index is 1200. The standard InChI is InChI=1S/C22H24N4O2S/c1-12(2)22-25-18-9-16(6-7-20(18)28-22)24-21(27)10-26-13(3)8-17(14(26)4)19-11-29-15(5)23-19/h6-9,11-12H,10H2,1-5H3,(H,24,27). The summed E-state index contributed by atoms with van der Waals surface area (Å²) in [5.74, 6) is 0.836. The van der Waals surface area contributed by atoms with Gasteiger partial charge in [0.05, 0.1) is 10.7 Å². The van der Waals surface area contributed by atoms with Crippen LogP contribution in [0, 0.1) is 20.8 Å². The van der Waals surface area contributed by atoms with Gasteiger partial charge in [0.2, 0.25) is 5.91 Å². The summed E-state index contributed by atoms with van der Waals surface area (Å²) in [5.41, 5.74) is 6.30. The number of anilines is 1. The molecular weight excluding hydrogens is 384 g/mol. The smallest absolute Gasteiger partial charge is 0.244 e. The number of hydrogen-bond donors (Lipinski definition) is 1. The third kappa shape index (κ3) is 3.82. The second-order valence-electron chi connectivity index (χ2n) is 7.56. The van der Waals surface area contributed by atoms with Crippen molar-refractivity contribution in [1.29, 1.82) is 0 Å². The molecule has 0 aliphatic heterocycles. The number of amides is 1. The van der Waals surface area contributed by atoms with Gasteiger partial charge in [0.15, 0.2) is 11.5 Å². The highest BCUT2D eigenvalue weighted by Gasteiger charge is 2.16. The Kier molecular flexibility index (Phi) is 5.00. The molecule has 0 aliphatic rings. The van der Waals surface area contributed by atoms with Crippen LogP contribution in [0.4, 0.5) is 5.69 Å². The average Bonchev–Trinajstić information content (AvgIpc) is 3.35. The molecule has 0 atom stereocenters. The molecule has 7 heteroatoms. The van der Waals surface area contributed by atoms with Crippen molar-refractivity contribution in [1.82, 2.24) is 14.5 Å². The van der Waals surface area contributed by atoms with E-state index in [1.54, 1.807) is 11.3 Å². The Morgan fingerprint density at radius 3 is 2.69 bits per heavy atom. The number of hydrogen-bond acceptors (Lipinski definition) is 5. The summed E-state index contributed by atoms with van der Waals surface area (Å²) in [4.78, 5) is 21.8. The van der Waals surface area contributed by atoms with Gasteiger partial charge in [-0.3, -0.25) is 4.79 Å². The number of aromatic nitrogens is 3. The zero-order valence-electron chi connectivity index (χ0n) is 17.2. The number of rotatable bonds is 5. The summed E-state index contributed by atoms with van der Waals surface area (Å²) >= 11 is 1.63. The van der Waals surface area contributed by atoms with Crippen molar-refractivity contribution in [3.05, 3.63) is 51.9 Å². The van der Waals surface area contributed by atoms with E-state index >= 15 is 0 Å². The quantitative estimate of drug-likeness (QED) is 0.477. The van der Waals surface area contributed by atoms with Gasteiger partial charge >= 0.3 is 0 Å². The van der Waals surface area contributed by atoms with Crippen molar-refractivity contribution in [3.63, 3.8) is 0 Å². The summed E-state index contributed by atoms with van der Waals surface area (Å²) in [6.45, 7) is 10.4. The molecule has 1 N–H and O–H groups in total. The van der Waals surface area contributed by atoms with Gasteiger partial charge in [-0.25, -0.2) is 9.97 Å². The van der Waals surface area contributed by atoms with E-state index in [0.717, 1.165) is 38.8 Å². The summed E-state index contributed by atoms with van der Waals surface area (Å²) in [5, 5.41) is 6.06. The lowest BCUT2D eigenvalue weighted by Crippen LogP contribution is -2.20. The molecule has 0 fully saturated rings. The zero-order valence-corrected chi connectivity index (χ0v) is 18.1. The number of nitrogens with one attached hydrogen (secondary N) is 1. The normalized spacial score (nSPS) is 11.5. The lowest BCUT2D eigenvalue weighted by Gasteiger charge is -2.10. The van der Waals surface area contributed by atoms with E-state index in [9.17, 15) is 4.79 Å². The van der Waals surface area contributed by atoms with Gasteiger partial charge in [-0.1, -0.05) is 13.8 Å². The first-order chi connectivity index (χ1) is 13.8. The van der Waals surface area contributed by atoms with Crippen molar-refractivity contribution in [3.8, 4) is 11.3 Å². The van der Waals surface area contributed by atoms with Crippen LogP contribution in [0.3, 0.4) is 0 Å². The van der Waals surface area contributed by atoms with E-state index in [2.05, 4.69) is 26.7 Å². The van der Waals surface area contributed by atoms with Crippen molar-refractivity contribution in [2.24, 2.45) is 0 Å². The summed E-state index contributed by atoms with van der Waals surface area (Å²) in [6, 6.07) is 7.63. The molecule has 3 aromatic heterocycles. The zero-order chi connectivity index (χ0) is 20.7. The molecule has 1 amide bonds. The van der Waals surface area contributed by atoms with Gasteiger partial charge in [-0.2, -0.15) is 0 Å². The van der Waals surface area contributed by atoms with Gasteiger partial charge in [0.1, 0.15) is 12.1 Å². The van der Waals surface area contributed by atoms with Crippen LogP contribution in [0.5, 0.6) is 0 Å². The Labute approximate surface area is 173 Å². The Morgan fingerprint density at radius 1 is 1.21 bits per heavy atom. The molecule has 1 aromatic carbocycles. The van der Waals surface area contributed by atoms with E-state index in [4.69, 9.17) is 4.42 Å². The number of thiazole rings is 1. The molecule has 0 saturated carbocycles. The van der Waals surface area contributed by atoms with Crippen LogP contribution in [0.2, 0.25) is 0 Å². The monoisotopic (exact) mass is 408 g/mol. The maximum Gasteiger partial charge on any atom is 0.244 e. The van der Waals surface area contributed by atoms with Gasteiger partial charge < -0.3 is 14.3 Å². The van der Waals surface area contributed by atoms with Crippen LogP contribution in [0.25, 0.3) is 22.4 Å². The molecule has 0 unspecified atom stereocenters. The second-order valence-corrected chi connectivity index (χ2v) is 8.62. The number of benzene rings is 1. The highest BCUT2D eigenvalue weighted by atomic mass is 32.1. The predicted octanol–water partition coefficient (Wildman–Crippen LogP) is 5.44. The first-order valence-corrected chi connectivity index (χ1v) is 10.5. The average molecular weight is 409 g/mol. The van der Waals surface area contributed by atoms with E-state index in [0.29, 0.717) is 11.6 Å². The van der Waals surface area contributed by atoms with Crippen LogP contribution in [0.1, 0.15) is 42.1 Å². The fraction of sp³-hybridized carbons (Fsp3) is 0.318. The van der Waals surface area contributed by atoms with Crippen LogP contribution in [-0.2, 0) is 11.3 Å². The van der Waals surface area contributed by atoms with Gasteiger partial charge in [0.25, 0.3) is 0 Å². The number of aryl methyl sites for hydroxylation is 2. The maximum atomic E-state index is 12.7. The lowest BCUT2D eigenvalue weighted by atomic mass is 10.2. The summed E-state index contributed by atoms with van der Waals surface area (Å²) in [6.07, 6.45) is 0. The fourth-order valence-electron chi connectivity index (χ4n) is 3.40. The molecule has 150 valence electrons. The first kappa shape index (κ1) is 19.4. The molecule has 0 radical (unpaired) electrons. The van der Waals surface area contributed by atoms with E-state index in [1.165, 1.54) is 0 Å². The third-order valence-corrected chi connectivity index (χ3v) is 5.73. The molecule has 0 bridgehead atoms. The van der Waals surface area contributed by atoms with Crippen molar-refractivity contribution in [2.75, 3.05) is 5.32 Å². The number of carbonyl (C=O) groups is 1. The number of oxazole rings is 1.